The average Bonchev–Trinajstić information content (AvgIpc) is 2.38. The van der Waals surface area contributed by atoms with Crippen LogP contribution in [0.5, 0.6) is 0 Å². The largest absolute Gasteiger partial charge is 0.310 e. The van der Waals surface area contributed by atoms with Crippen molar-refractivity contribution in [1.82, 2.24) is 5.32 Å². The molecule has 0 aliphatic heterocycles. The molecule has 1 N–H and O–H groups in total. The van der Waals surface area contributed by atoms with Crippen LogP contribution in [0.2, 0.25) is 5.02 Å². The normalized spacial score (nSPS) is 12.4. The lowest BCUT2D eigenvalue weighted by molar-refractivity contribution is 0.539. The quantitative estimate of drug-likeness (QED) is 0.855. The summed E-state index contributed by atoms with van der Waals surface area (Å²) >= 11 is 5.88. The first kappa shape index (κ1) is 14.9. The second kappa shape index (κ2) is 6.82. The second-order valence-corrected chi connectivity index (χ2v) is 5.08. The molecule has 2 rings (SSSR count). The van der Waals surface area contributed by atoms with Crippen molar-refractivity contribution >= 4 is 11.6 Å². The van der Waals surface area contributed by atoms with Crippen molar-refractivity contribution in [2.45, 2.75) is 19.4 Å². The van der Waals surface area contributed by atoms with Crippen LogP contribution in [0.25, 0.3) is 0 Å². The minimum Gasteiger partial charge on any atom is -0.310 e. The van der Waals surface area contributed by atoms with E-state index in [2.05, 4.69) is 5.32 Å². The minimum atomic E-state index is -0.550. The maximum Gasteiger partial charge on any atom is 0.126 e. The molecule has 106 valence electrons. The zero-order chi connectivity index (χ0) is 14.5. The van der Waals surface area contributed by atoms with Crippen LogP contribution in [-0.4, -0.2) is 6.54 Å². The van der Waals surface area contributed by atoms with Crippen molar-refractivity contribution in [1.29, 1.82) is 0 Å². The van der Waals surface area contributed by atoms with Crippen LogP contribution in [0.4, 0.5) is 8.78 Å². The molecule has 0 saturated carbocycles. The Hall–Kier alpha value is -1.45. The van der Waals surface area contributed by atoms with Gasteiger partial charge in [-0.05, 0) is 48.4 Å². The third-order valence-electron chi connectivity index (χ3n) is 3.09. The van der Waals surface area contributed by atoms with Crippen molar-refractivity contribution < 1.29 is 8.78 Å². The van der Waals surface area contributed by atoms with Crippen molar-refractivity contribution in [3.8, 4) is 0 Å². The molecule has 0 aromatic heterocycles. The molecule has 2 aromatic carbocycles. The molecule has 0 bridgehead atoms. The zero-order valence-corrected chi connectivity index (χ0v) is 11.9. The topological polar surface area (TPSA) is 12.0 Å². The summed E-state index contributed by atoms with van der Waals surface area (Å²) < 4.78 is 26.5. The Kier molecular flexibility index (Phi) is 5.10. The highest BCUT2D eigenvalue weighted by atomic mass is 35.5. The number of likely N-dealkylation sites (N-methyl/N-ethyl adjacent to an activating group) is 1. The molecule has 1 atom stereocenters. The number of hydrogen-bond donors (Lipinski definition) is 1. The number of halogens is 3. The first-order valence-corrected chi connectivity index (χ1v) is 6.90. The highest BCUT2D eigenvalue weighted by molar-refractivity contribution is 6.30. The van der Waals surface area contributed by atoms with Crippen LogP contribution in [0, 0.1) is 11.6 Å². The molecule has 0 heterocycles. The molecule has 1 nitrogen and oxygen atoms in total. The molecule has 0 aliphatic carbocycles. The Morgan fingerprint density at radius 3 is 2.20 bits per heavy atom. The van der Waals surface area contributed by atoms with Crippen molar-refractivity contribution in [3.05, 3.63) is 70.2 Å². The van der Waals surface area contributed by atoms with Gasteiger partial charge in [-0.25, -0.2) is 8.78 Å². The van der Waals surface area contributed by atoms with Crippen molar-refractivity contribution in [3.63, 3.8) is 0 Å². The minimum absolute atomic E-state index is 0.00142. The van der Waals surface area contributed by atoms with Gasteiger partial charge < -0.3 is 5.32 Å². The van der Waals surface area contributed by atoms with Gasteiger partial charge in [-0.1, -0.05) is 30.7 Å². The summed E-state index contributed by atoms with van der Waals surface area (Å²) in [5, 5.41) is 3.99. The SMILES string of the molecule is CCNC(Cc1cc(F)cc(F)c1)c1ccc(Cl)cc1. The monoisotopic (exact) mass is 295 g/mol. The second-order valence-electron chi connectivity index (χ2n) is 4.64. The summed E-state index contributed by atoms with van der Waals surface area (Å²) in [4.78, 5) is 0. The van der Waals surface area contributed by atoms with Gasteiger partial charge in [0, 0.05) is 17.1 Å². The fourth-order valence-corrected chi connectivity index (χ4v) is 2.34. The fourth-order valence-electron chi connectivity index (χ4n) is 2.21. The molecule has 0 radical (unpaired) electrons. The summed E-state index contributed by atoms with van der Waals surface area (Å²) in [6.07, 6.45) is 0.518. The Morgan fingerprint density at radius 1 is 1.05 bits per heavy atom. The van der Waals surface area contributed by atoms with Gasteiger partial charge in [-0.2, -0.15) is 0 Å². The number of rotatable bonds is 5. The van der Waals surface area contributed by atoms with E-state index < -0.39 is 11.6 Å². The first-order valence-electron chi connectivity index (χ1n) is 6.52. The lowest BCUT2D eigenvalue weighted by Crippen LogP contribution is -2.23. The Bertz CT molecular complexity index is 549. The van der Waals surface area contributed by atoms with Crippen LogP contribution in [0.1, 0.15) is 24.1 Å². The van der Waals surface area contributed by atoms with E-state index in [4.69, 9.17) is 11.6 Å². The van der Waals surface area contributed by atoms with Crippen molar-refractivity contribution in [2.75, 3.05) is 6.54 Å². The van der Waals surface area contributed by atoms with Gasteiger partial charge in [-0.15, -0.1) is 0 Å². The number of hydrogen-bond acceptors (Lipinski definition) is 1. The molecule has 0 fully saturated rings. The summed E-state index contributed by atoms with van der Waals surface area (Å²) in [6.45, 7) is 2.76. The molecule has 0 spiro atoms. The maximum absolute atomic E-state index is 13.2. The van der Waals surface area contributed by atoms with Gasteiger partial charge in [0.15, 0.2) is 0 Å². The molecule has 0 aliphatic rings. The summed E-state index contributed by atoms with van der Waals surface area (Å²) in [5.41, 5.74) is 1.67. The smallest absolute Gasteiger partial charge is 0.126 e. The molecular weight excluding hydrogens is 280 g/mol. The van der Waals surface area contributed by atoms with Crippen LogP contribution < -0.4 is 5.32 Å². The van der Waals surface area contributed by atoms with Gasteiger partial charge in [-0.3, -0.25) is 0 Å². The van der Waals surface area contributed by atoms with E-state index in [0.717, 1.165) is 18.2 Å². The Balaban J connectivity index is 2.22. The van der Waals surface area contributed by atoms with Gasteiger partial charge in [0.05, 0.1) is 0 Å². The van der Waals surface area contributed by atoms with Crippen LogP contribution in [0.15, 0.2) is 42.5 Å². The maximum atomic E-state index is 13.2. The standard InChI is InChI=1S/C16H16ClF2N/c1-2-20-16(12-3-5-13(17)6-4-12)9-11-7-14(18)10-15(19)8-11/h3-8,10,16,20H,2,9H2,1H3. The highest BCUT2D eigenvalue weighted by Crippen LogP contribution is 2.21. The average molecular weight is 296 g/mol. The molecule has 2 aromatic rings. The van der Waals surface area contributed by atoms with Gasteiger partial charge in [0.25, 0.3) is 0 Å². The van der Waals surface area contributed by atoms with Crippen LogP contribution in [0.3, 0.4) is 0 Å². The van der Waals surface area contributed by atoms with Gasteiger partial charge >= 0.3 is 0 Å². The Morgan fingerprint density at radius 2 is 1.65 bits per heavy atom. The van der Waals surface area contributed by atoms with E-state index in [1.165, 1.54) is 12.1 Å². The molecule has 0 amide bonds. The third-order valence-corrected chi connectivity index (χ3v) is 3.34. The van der Waals surface area contributed by atoms with Crippen molar-refractivity contribution in [2.24, 2.45) is 0 Å². The Labute approximate surface area is 122 Å². The predicted octanol–water partition coefficient (Wildman–Crippen LogP) is 4.51. The van der Waals surface area contributed by atoms with Gasteiger partial charge in [0.1, 0.15) is 11.6 Å². The number of nitrogens with one attached hydrogen (secondary N) is 1. The van der Waals surface area contributed by atoms with E-state index in [0.29, 0.717) is 17.0 Å². The lowest BCUT2D eigenvalue weighted by Gasteiger charge is -2.18. The summed E-state index contributed by atoms with van der Waals surface area (Å²) in [5.74, 6) is -1.10. The van der Waals surface area contributed by atoms with E-state index in [1.807, 2.05) is 31.2 Å². The van der Waals surface area contributed by atoms with E-state index in [9.17, 15) is 8.78 Å². The van der Waals surface area contributed by atoms with Crippen LogP contribution in [-0.2, 0) is 6.42 Å². The first-order chi connectivity index (χ1) is 9.58. The molecule has 4 heteroatoms. The summed E-state index contributed by atoms with van der Waals surface area (Å²) in [7, 11) is 0. The molecule has 20 heavy (non-hydrogen) atoms. The predicted molar refractivity (Wildman–Crippen MR) is 77.9 cm³/mol. The fraction of sp³-hybridized carbons (Fsp3) is 0.250. The van der Waals surface area contributed by atoms with E-state index in [1.54, 1.807) is 0 Å². The zero-order valence-electron chi connectivity index (χ0n) is 11.2. The summed E-state index contributed by atoms with van der Waals surface area (Å²) in [6, 6.07) is 11.1. The molecule has 1 unspecified atom stereocenters. The third kappa shape index (κ3) is 4.02. The van der Waals surface area contributed by atoms with Gasteiger partial charge in [0.2, 0.25) is 0 Å². The number of benzene rings is 2. The van der Waals surface area contributed by atoms with E-state index in [-0.39, 0.29) is 6.04 Å². The molecular formula is C16H16ClF2N. The molecule has 0 saturated heterocycles. The van der Waals surface area contributed by atoms with Crippen LogP contribution >= 0.6 is 11.6 Å². The van der Waals surface area contributed by atoms with E-state index >= 15 is 0 Å². The highest BCUT2D eigenvalue weighted by Gasteiger charge is 2.12. The lowest BCUT2D eigenvalue weighted by atomic mass is 9.98.